The molecule has 2 unspecified atom stereocenters. The smallest absolute Gasteiger partial charge is 0.123 e. The average molecular weight is 222 g/mol. The molecule has 1 fully saturated rings. The highest BCUT2D eigenvalue weighted by molar-refractivity contribution is 5.47. The molecule has 1 heterocycles. The number of benzene rings is 1. The molecule has 1 saturated heterocycles. The number of hydrogen-bond donors (Lipinski definition) is 1. The lowest BCUT2D eigenvalue weighted by Crippen LogP contribution is -2.37. The largest absolute Gasteiger partial charge is 0.367 e. The number of nitrogens with one attached hydrogen (secondary N) is 1. The second kappa shape index (κ2) is 4.83. The van der Waals surface area contributed by atoms with Crippen molar-refractivity contribution in [2.24, 2.45) is 5.92 Å². The summed E-state index contributed by atoms with van der Waals surface area (Å²) in [4.78, 5) is 2.35. The van der Waals surface area contributed by atoms with Crippen LogP contribution in [0.3, 0.4) is 0 Å². The highest BCUT2D eigenvalue weighted by Crippen LogP contribution is 2.20. The van der Waals surface area contributed by atoms with E-state index in [0.29, 0.717) is 12.0 Å². The average Bonchev–Trinajstić information content (AvgIpc) is 2.42. The molecule has 0 saturated carbocycles. The Bertz CT molecular complexity index is 336. The van der Waals surface area contributed by atoms with Crippen molar-refractivity contribution in [3.05, 3.63) is 30.1 Å². The van der Waals surface area contributed by atoms with Crippen LogP contribution in [0.25, 0.3) is 0 Å². The lowest BCUT2D eigenvalue weighted by atomic mass is 10.1. The number of hydrogen-bond acceptors (Lipinski definition) is 2. The molecule has 0 spiro atoms. The molecule has 0 aromatic heterocycles. The number of rotatable bonds is 1. The fourth-order valence-corrected chi connectivity index (χ4v) is 2.22. The van der Waals surface area contributed by atoms with Crippen molar-refractivity contribution in [3.8, 4) is 0 Å². The van der Waals surface area contributed by atoms with Crippen molar-refractivity contribution < 1.29 is 4.39 Å². The van der Waals surface area contributed by atoms with Gasteiger partial charge in [0.15, 0.2) is 0 Å². The predicted molar refractivity (Wildman–Crippen MR) is 65.2 cm³/mol. The molecule has 2 atom stereocenters. The van der Waals surface area contributed by atoms with Crippen molar-refractivity contribution >= 4 is 5.69 Å². The Balaban J connectivity index is 2.19. The molecule has 1 aromatic carbocycles. The predicted octanol–water partition coefficient (Wildman–Crippen LogP) is 2.26. The molecule has 1 N–H and O–H groups in total. The summed E-state index contributed by atoms with van der Waals surface area (Å²) in [6.45, 7) is 7.51. The van der Waals surface area contributed by atoms with Gasteiger partial charge in [0.05, 0.1) is 0 Å². The van der Waals surface area contributed by atoms with Crippen LogP contribution >= 0.6 is 0 Å². The first-order chi connectivity index (χ1) is 7.66. The van der Waals surface area contributed by atoms with Crippen molar-refractivity contribution in [3.63, 3.8) is 0 Å². The number of halogens is 1. The van der Waals surface area contributed by atoms with E-state index in [-0.39, 0.29) is 5.82 Å². The van der Waals surface area contributed by atoms with Crippen LogP contribution in [-0.4, -0.2) is 25.7 Å². The van der Waals surface area contributed by atoms with Crippen LogP contribution in [0, 0.1) is 11.7 Å². The summed E-state index contributed by atoms with van der Waals surface area (Å²) in [7, 11) is 0. The van der Waals surface area contributed by atoms with Gasteiger partial charge in [-0.15, -0.1) is 0 Å². The fraction of sp³-hybridized carbons (Fsp3) is 0.538. The first-order valence-corrected chi connectivity index (χ1v) is 5.89. The van der Waals surface area contributed by atoms with E-state index in [1.807, 2.05) is 12.1 Å². The van der Waals surface area contributed by atoms with Crippen LogP contribution < -0.4 is 10.2 Å². The first-order valence-electron chi connectivity index (χ1n) is 5.89. The maximum Gasteiger partial charge on any atom is 0.123 e. The van der Waals surface area contributed by atoms with E-state index in [2.05, 4.69) is 24.1 Å². The molecule has 1 aliphatic heterocycles. The maximum atomic E-state index is 12.9. The molecular formula is C13H19FN2. The second-order valence-corrected chi connectivity index (χ2v) is 4.74. The molecule has 0 aliphatic carbocycles. The third kappa shape index (κ3) is 2.53. The minimum absolute atomic E-state index is 0.169. The van der Waals surface area contributed by atoms with Gasteiger partial charge < -0.3 is 10.2 Å². The molecule has 3 heteroatoms. The summed E-state index contributed by atoms with van der Waals surface area (Å²) >= 11 is 0. The summed E-state index contributed by atoms with van der Waals surface area (Å²) in [5, 5.41) is 3.44. The van der Waals surface area contributed by atoms with Gasteiger partial charge in [0.1, 0.15) is 5.82 Å². The van der Waals surface area contributed by atoms with E-state index in [1.54, 1.807) is 0 Å². The van der Waals surface area contributed by atoms with Crippen LogP contribution in [-0.2, 0) is 0 Å². The van der Waals surface area contributed by atoms with Gasteiger partial charge in [-0.1, -0.05) is 6.92 Å². The Morgan fingerprint density at radius 1 is 1.19 bits per heavy atom. The SMILES string of the molecule is CC1CNCC(C)N(c2ccc(F)cc2)C1. The van der Waals surface area contributed by atoms with E-state index < -0.39 is 0 Å². The number of anilines is 1. The maximum absolute atomic E-state index is 12.9. The monoisotopic (exact) mass is 222 g/mol. The van der Waals surface area contributed by atoms with Gasteiger partial charge in [0.2, 0.25) is 0 Å². The third-order valence-electron chi connectivity index (χ3n) is 3.13. The van der Waals surface area contributed by atoms with Crippen molar-refractivity contribution in [2.45, 2.75) is 19.9 Å². The lowest BCUT2D eigenvalue weighted by Gasteiger charge is -2.30. The number of nitrogens with zero attached hydrogens (tertiary/aromatic N) is 1. The van der Waals surface area contributed by atoms with Gasteiger partial charge in [-0.3, -0.25) is 0 Å². The van der Waals surface area contributed by atoms with Crippen molar-refractivity contribution in [1.29, 1.82) is 0 Å². The van der Waals surface area contributed by atoms with Crippen LogP contribution in [0.2, 0.25) is 0 Å². The highest BCUT2D eigenvalue weighted by Gasteiger charge is 2.20. The van der Waals surface area contributed by atoms with Crippen molar-refractivity contribution in [2.75, 3.05) is 24.5 Å². The topological polar surface area (TPSA) is 15.3 Å². The van der Waals surface area contributed by atoms with Gasteiger partial charge >= 0.3 is 0 Å². The molecule has 1 aliphatic rings. The molecule has 1 aromatic rings. The van der Waals surface area contributed by atoms with Gasteiger partial charge in [-0.2, -0.15) is 0 Å². The molecule has 2 rings (SSSR count). The second-order valence-electron chi connectivity index (χ2n) is 4.74. The lowest BCUT2D eigenvalue weighted by molar-refractivity contribution is 0.563. The zero-order chi connectivity index (χ0) is 11.5. The summed E-state index contributed by atoms with van der Waals surface area (Å²) in [5.41, 5.74) is 1.12. The van der Waals surface area contributed by atoms with Crippen LogP contribution in [0.15, 0.2) is 24.3 Å². The normalized spacial score (nSPS) is 26.6. The van der Waals surface area contributed by atoms with Gasteiger partial charge in [0, 0.05) is 24.8 Å². The van der Waals surface area contributed by atoms with Crippen LogP contribution in [0.4, 0.5) is 10.1 Å². The van der Waals surface area contributed by atoms with Gasteiger partial charge in [-0.25, -0.2) is 4.39 Å². The molecule has 2 nitrogen and oxygen atoms in total. The minimum atomic E-state index is -0.169. The van der Waals surface area contributed by atoms with E-state index >= 15 is 0 Å². The highest BCUT2D eigenvalue weighted by atomic mass is 19.1. The summed E-state index contributed by atoms with van der Waals surface area (Å²) in [6, 6.07) is 7.25. The van der Waals surface area contributed by atoms with Crippen LogP contribution in [0.1, 0.15) is 13.8 Å². The summed E-state index contributed by atoms with van der Waals surface area (Å²) in [5.74, 6) is 0.451. The first kappa shape index (κ1) is 11.4. The standard InChI is InChI=1S/C13H19FN2/c1-10-7-15-8-11(2)16(9-10)13-5-3-12(14)4-6-13/h3-6,10-11,15H,7-9H2,1-2H3. The van der Waals surface area contributed by atoms with E-state index in [0.717, 1.165) is 25.3 Å². The quantitative estimate of drug-likeness (QED) is 0.784. The molecule has 88 valence electrons. The minimum Gasteiger partial charge on any atom is -0.367 e. The third-order valence-corrected chi connectivity index (χ3v) is 3.13. The van der Waals surface area contributed by atoms with E-state index in [9.17, 15) is 4.39 Å². The zero-order valence-corrected chi connectivity index (χ0v) is 9.91. The Labute approximate surface area is 96.5 Å². The molecular weight excluding hydrogens is 203 g/mol. The Morgan fingerprint density at radius 2 is 1.88 bits per heavy atom. The van der Waals surface area contributed by atoms with Crippen molar-refractivity contribution in [1.82, 2.24) is 5.32 Å². The molecule has 0 amide bonds. The van der Waals surface area contributed by atoms with E-state index in [1.165, 1.54) is 12.1 Å². The summed E-state index contributed by atoms with van der Waals surface area (Å²) < 4.78 is 12.9. The van der Waals surface area contributed by atoms with Gasteiger partial charge in [-0.05, 0) is 43.7 Å². The molecule has 0 radical (unpaired) electrons. The zero-order valence-electron chi connectivity index (χ0n) is 9.91. The molecule has 16 heavy (non-hydrogen) atoms. The van der Waals surface area contributed by atoms with Crippen LogP contribution in [0.5, 0.6) is 0 Å². The Kier molecular flexibility index (Phi) is 3.44. The molecule has 0 bridgehead atoms. The summed E-state index contributed by atoms with van der Waals surface area (Å²) in [6.07, 6.45) is 0. The Morgan fingerprint density at radius 3 is 2.56 bits per heavy atom. The van der Waals surface area contributed by atoms with E-state index in [4.69, 9.17) is 0 Å². The van der Waals surface area contributed by atoms with Gasteiger partial charge in [0.25, 0.3) is 0 Å². The fourth-order valence-electron chi connectivity index (χ4n) is 2.22. The Hall–Kier alpha value is -1.09.